The first kappa shape index (κ1) is 15.7. The van der Waals surface area contributed by atoms with Gasteiger partial charge in [0.05, 0.1) is 16.6 Å². The maximum atomic E-state index is 12.4. The minimum absolute atomic E-state index is 0.0275. The molecule has 0 saturated carbocycles. The predicted octanol–water partition coefficient (Wildman–Crippen LogP) is 2.23. The maximum Gasteiger partial charge on any atom is 0.335 e. The molecule has 0 aliphatic carbocycles. The highest BCUT2D eigenvalue weighted by Gasteiger charge is 2.39. The van der Waals surface area contributed by atoms with Crippen molar-refractivity contribution in [3.63, 3.8) is 0 Å². The van der Waals surface area contributed by atoms with Gasteiger partial charge in [-0.15, -0.1) is 0 Å². The van der Waals surface area contributed by atoms with E-state index < -0.39 is 21.9 Å². The van der Waals surface area contributed by atoms with Crippen LogP contribution < -0.4 is 0 Å². The third-order valence-corrected chi connectivity index (χ3v) is 5.55. The average molecular weight is 311 g/mol. The van der Waals surface area contributed by atoms with Crippen LogP contribution in [0.5, 0.6) is 0 Å². The van der Waals surface area contributed by atoms with Crippen LogP contribution in [0.15, 0.2) is 11.0 Å². The number of hydrogen-bond acceptors (Lipinski definition) is 5. The SMILES string of the molecule is CCOC1CC(=N)S(=O)(=O)c2c(C)cc(C(=O)O)c(C)c21. The van der Waals surface area contributed by atoms with Crippen molar-refractivity contribution >= 4 is 20.9 Å². The highest BCUT2D eigenvalue weighted by atomic mass is 32.2. The number of carboxylic acid groups (broad SMARTS) is 1. The molecular weight excluding hydrogens is 294 g/mol. The Morgan fingerprint density at radius 3 is 2.62 bits per heavy atom. The van der Waals surface area contributed by atoms with Crippen LogP contribution in [-0.2, 0) is 14.6 Å². The smallest absolute Gasteiger partial charge is 0.335 e. The van der Waals surface area contributed by atoms with E-state index in [1.165, 1.54) is 6.07 Å². The molecular formula is C14H17NO5S. The molecule has 1 atom stereocenters. The molecule has 0 fully saturated rings. The van der Waals surface area contributed by atoms with Crippen LogP contribution in [-0.4, -0.2) is 31.1 Å². The summed E-state index contributed by atoms with van der Waals surface area (Å²) in [6, 6.07) is 1.34. The van der Waals surface area contributed by atoms with E-state index in [1.54, 1.807) is 20.8 Å². The van der Waals surface area contributed by atoms with Gasteiger partial charge in [0, 0.05) is 18.6 Å². The Hall–Kier alpha value is -1.73. The van der Waals surface area contributed by atoms with Crippen molar-refractivity contribution < 1.29 is 23.1 Å². The maximum absolute atomic E-state index is 12.4. The van der Waals surface area contributed by atoms with Crippen LogP contribution in [0.4, 0.5) is 0 Å². The molecule has 1 aliphatic rings. The number of ether oxygens (including phenoxy) is 1. The fourth-order valence-electron chi connectivity index (χ4n) is 2.73. The number of nitrogens with one attached hydrogen (secondary N) is 1. The van der Waals surface area contributed by atoms with Crippen molar-refractivity contribution in [3.8, 4) is 0 Å². The van der Waals surface area contributed by atoms with Crippen LogP contribution >= 0.6 is 0 Å². The van der Waals surface area contributed by atoms with Gasteiger partial charge in [-0.05, 0) is 38.0 Å². The van der Waals surface area contributed by atoms with E-state index >= 15 is 0 Å². The highest BCUT2D eigenvalue weighted by molar-refractivity contribution is 8.06. The van der Waals surface area contributed by atoms with Gasteiger partial charge in [-0.25, -0.2) is 13.2 Å². The summed E-state index contributed by atoms with van der Waals surface area (Å²) in [5.41, 5.74) is 1.17. The molecule has 2 N–H and O–H groups in total. The van der Waals surface area contributed by atoms with Crippen molar-refractivity contribution in [3.05, 3.63) is 28.3 Å². The summed E-state index contributed by atoms with van der Waals surface area (Å²) in [4.78, 5) is 11.3. The third kappa shape index (κ3) is 2.36. The van der Waals surface area contributed by atoms with Gasteiger partial charge in [-0.1, -0.05) is 0 Å². The third-order valence-electron chi connectivity index (χ3n) is 3.66. The second-order valence-electron chi connectivity index (χ2n) is 4.99. The Morgan fingerprint density at radius 2 is 2.10 bits per heavy atom. The van der Waals surface area contributed by atoms with Crippen LogP contribution in [0, 0.1) is 19.3 Å². The number of carbonyl (C=O) groups is 1. The molecule has 2 rings (SSSR count). The lowest BCUT2D eigenvalue weighted by molar-refractivity contribution is 0.0639. The average Bonchev–Trinajstić information content (AvgIpc) is 2.38. The molecule has 114 valence electrons. The van der Waals surface area contributed by atoms with Gasteiger partial charge in [-0.2, -0.15) is 0 Å². The molecule has 0 radical (unpaired) electrons. The second-order valence-corrected chi connectivity index (χ2v) is 6.90. The zero-order chi connectivity index (χ0) is 15.9. The largest absolute Gasteiger partial charge is 0.478 e. The van der Waals surface area contributed by atoms with E-state index in [0.29, 0.717) is 23.3 Å². The molecule has 21 heavy (non-hydrogen) atoms. The highest BCUT2D eigenvalue weighted by Crippen LogP contribution is 2.40. The second kappa shape index (κ2) is 5.23. The van der Waals surface area contributed by atoms with Crippen LogP contribution in [0.3, 0.4) is 0 Å². The van der Waals surface area contributed by atoms with Crippen LogP contribution in [0.1, 0.15) is 46.5 Å². The normalized spacial score (nSPS) is 20.1. The summed E-state index contributed by atoms with van der Waals surface area (Å²) >= 11 is 0. The summed E-state index contributed by atoms with van der Waals surface area (Å²) in [5.74, 6) is -1.10. The lowest BCUT2D eigenvalue weighted by Crippen LogP contribution is -2.29. The quantitative estimate of drug-likeness (QED) is 0.890. The fraction of sp³-hybridized carbons (Fsp3) is 0.429. The van der Waals surface area contributed by atoms with E-state index in [-0.39, 0.29) is 21.9 Å². The van der Waals surface area contributed by atoms with Gasteiger partial charge in [0.15, 0.2) is 0 Å². The first-order chi connectivity index (χ1) is 9.71. The molecule has 0 spiro atoms. The number of aryl methyl sites for hydroxylation is 1. The Labute approximate surface area is 123 Å². The Kier molecular flexibility index (Phi) is 3.90. The number of fused-ring (bicyclic) bond motifs is 1. The summed E-state index contributed by atoms with van der Waals surface area (Å²) in [7, 11) is -3.86. The number of benzene rings is 1. The molecule has 1 aromatic carbocycles. The predicted molar refractivity (Wildman–Crippen MR) is 76.8 cm³/mol. The first-order valence-electron chi connectivity index (χ1n) is 6.53. The minimum Gasteiger partial charge on any atom is -0.478 e. The number of sulfone groups is 1. The molecule has 1 aromatic rings. The summed E-state index contributed by atoms with van der Waals surface area (Å²) in [6.45, 7) is 5.25. The molecule has 0 aromatic heterocycles. The topological polar surface area (TPSA) is 105 Å². The standard InChI is InChI=1S/C14H17NO5S/c1-4-20-10-6-11(15)21(18,19)13-7(2)5-9(14(16)17)8(3)12(10)13/h5,10,15H,4,6H2,1-3H3,(H,16,17). The van der Waals surface area contributed by atoms with E-state index in [2.05, 4.69) is 0 Å². The fourth-order valence-corrected chi connectivity index (χ4v) is 4.41. The van der Waals surface area contributed by atoms with Gasteiger partial charge < -0.3 is 9.84 Å². The monoisotopic (exact) mass is 311 g/mol. The molecule has 0 amide bonds. The number of carboxylic acids is 1. The van der Waals surface area contributed by atoms with E-state index in [4.69, 9.17) is 10.1 Å². The van der Waals surface area contributed by atoms with E-state index in [0.717, 1.165) is 0 Å². The number of aromatic carboxylic acids is 1. The number of hydrogen-bond donors (Lipinski definition) is 2. The summed E-state index contributed by atoms with van der Waals surface area (Å²) in [6.07, 6.45) is -0.661. The van der Waals surface area contributed by atoms with Crippen molar-refractivity contribution in [1.82, 2.24) is 0 Å². The molecule has 1 aliphatic heterocycles. The Bertz CT molecular complexity index is 736. The Morgan fingerprint density at radius 1 is 1.48 bits per heavy atom. The van der Waals surface area contributed by atoms with E-state index in [9.17, 15) is 18.3 Å². The van der Waals surface area contributed by atoms with Gasteiger partial charge in [-0.3, -0.25) is 5.41 Å². The zero-order valence-electron chi connectivity index (χ0n) is 12.1. The van der Waals surface area contributed by atoms with Gasteiger partial charge in [0.1, 0.15) is 5.04 Å². The zero-order valence-corrected chi connectivity index (χ0v) is 12.9. The van der Waals surface area contributed by atoms with Crippen molar-refractivity contribution in [2.24, 2.45) is 0 Å². The van der Waals surface area contributed by atoms with Crippen molar-refractivity contribution in [2.75, 3.05) is 6.61 Å². The lowest BCUT2D eigenvalue weighted by atomic mass is 9.93. The Balaban J connectivity index is 2.87. The molecule has 6 nitrogen and oxygen atoms in total. The molecule has 0 bridgehead atoms. The van der Waals surface area contributed by atoms with Gasteiger partial charge in [0.2, 0.25) is 9.84 Å². The summed E-state index contributed by atoms with van der Waals surface area (Å²) < 4.78 is 30.3. The van der Waals surface area contributed by atoms with Crippen LogP contribution in [0.2, 0.25) is 0 Å². The van der Waals surface area contributed by atoms with Crippen molar-refractivity contribution in [2.45, 2.75) is 38.2 Å². The molecule has 1 unspecified atom stereocenters. The lowest BCUT2D eigenvalue weighted by Gasteiger charge is -2.29. The minimum atomic E-state index is -3.86. The summed E-state index contributed by atoms with van der Waals surface area (Å²) in [5, 5.41) is 16.6. The molecule has 1 heterocycles. The van der Waals surface area contributed by atoms with Crippen molar-refractivity contribution in [1.29, 1.82) is 5.41 Å². The van der Waals surface area contributed by atoms with Gasteiger partial charge in [0.25, 0.3) is 0 Å². The molecule has 7 heteroatoms. The van der Waals surface area contributed by atoms with Crippen LogP contribution in [0.25, 0.3) is 0 Å². The number of rotatable bonds is 3. The first-order valence-corrected chi connectivity index (χ1v) is 8.01. The molecule has 0 saturated heterocycles. The van der Waals surface area contributed by atoms with Gasteiger partial charge >= 0.3 is 5.97 Å². The van der Waals surface area contributed by atoms with E-state index in [1.807, 2.05) is 0 Å².